The molecule has 188 valence electrons. The Morgan fingerprint density at radius 2 is 1.91 bits per heavy atom. The largest absolute Gasteiger partial charge is 0.356 e. The van der Waals surface area contributed by atoms with Gasteiger partial charge in [-0.1, -0.05) is 29.5 Å². The van der Waals surface area contributed by atoms with E-state index in [1.165, 1.54) is 18.2 Å². The first-order valence-corrected chi connectivity index (χ1v) is 12.3. The van der Waals surface area contributed by atoms with Crippen LogP contribution in [0.15, 0.2) is 24.3 Å². The van der Waals surface area contributed by atoms with Gasteiger partial charge in [-0.2, -0.15) is 9.18 Å². The highest BCUT2D eigenvalue weighted by Crippen LogP contribution is 2.34. The molecule has 4 rings (SSSR count). The second kappa shape index (κ2) is 10.7. The van der Waals surface area contributed by atoms with Crippen LogP contribution in [0.5, 0.6) is 0 Å². The van der Waals surface area contributed by atoms with Crippen LogP contribution in [0.4, 0.5) is 8.87 Å². The zero-order chi connectivity index (χ0) is 25.1. The molecule has 3 amide bonds. The van der Waals surface area contributed by atoms with Gasteiger partial charge in [0.2, 0.25) is 17.8 Å². The molecule has 2 fully saturated rings. The maximum absolute atomic E-state index is 14.2. The van der Waals surface area contributed by atoms with Gasteiger partial charge in [0.1, 0.15) is 6.04 Å². The lowest BCUT2D eigenvalue weighted by Crippen LogP contribution is -2.53. The van der Waals surface area contributed by atoms with E-state index in [4.69, 9.17) is 11.6 Å². The molecule has 1 aromatic carbocycles. The lowest BCUT2D eigenvalue weighted by molar-refractivity contribution is -0.131. The van der Waals surface area contributed by atoms with Gasteiger partial charge in [-0.15, -0.1) is 11.6 Å². The summed E-state index contributed by atoms with van der Waals surface area (Å²) in [4.78, 5) is 50.7. The number of hydrogen-bond acceptors (Lipinski definition) is 4. The molecule has 2 aromatic rings. The summed E-state index contributed by atoms with van der Waals surface area (Å²) in [6, 6.07) is 3.32. The van der Waals surface area contributed by atoms with Gasteiger partial charge in [0.05, 0.1) is 23.0 Å². The minimum absolute atomic E-state index is 0.112. The van der Waals surface area contributed by atoms with E-state index in [-0.39, 0.29) is 45.4 Å². The average Bonchev–Trinajstić information content (AvgIpc) is 3.62. The Morgan fingerprint density at radius 3 is 2.60 bits per heavy atom. The highest BCUT2D eigenvalue weighted by molar-refractivity contribution is 6.28. The predicted octanol–water partition coefficient (Wildman–Crippen LogP) is 2.62. The van der Waals surface area contributed by atoms with Crippen LogP contribution < -0.4 is 16.0 Å². The number of nitrogens with zero attached hydrogens (tertiary/aromatic N) is 1. The van der Waals surface area contributed by atoms with Gasteiger partial charge in [0.15, 0.2) is 5.78 Å². The summed E-state index contributed by atoms with van der Waals surface area (Å²) < 4.78 is 28.0. The highest BCUT2D eigenvalue weighted by Gasteiger charge is 2.35. The number of halogens is 3. The van der Waals surface area contributed by atoms with Gasteiger partial charge in [-0.3, -0.25) is 19.2 Å². The minimum Gasteiger partial charge on any atom is -0.356 e. The van der Waals surface area contributed by atoms with Crippen LogP contribution in [0.1, 0.15) is 48.9 Å². The van der Waals surface area contributed by atoms with Crippen molar-refractivity contribution < 1.29 is 28.0 Å². The molecule has 11 heteroatoms. The monoisotopic (exact) mass is 508 g/mol. The summed E-state index contributed by atoms with van der Waals surface area (Å²) in [5, 5.41) is 8.27. The molecular weight excluding hydrogens is 482 g/mol. The molecule has 1 aromatic heterocycles. The quantitative estimate of drug-likeness (QED) is 0.429. The van der Waals surface area contributed by atoms with Crippen LogP contribution in [0.25, 0.3) is 10.9 Å². The third-order valence-electron chi connectivity index (χ3n) is 6.61. The normalized spacial score (nSPS) is 19.6. The van der Waals surface area contributed by atoms with E-state index in [0.717, 1.165) is 25.3 Å². The van der Waals surface area contributed by atoms with Crippen molar-refractivity contribution in [3.8, 4) is 0 Å². The first kappa shape index (κ1) is 25.1. The Balaban J connectivity index is 1.51. The predicted molar refractivity (Wildman–Crippen MR) is 125 cm³/mol. The maximum Gasteiger partial charge on any atom is 0.254 e. The van der Waals surface area contributed by atoms with E-state index in [1.54, 1.807) is 0 Å². The van der Waals surface area contributed by atoms with Crippen LogP contribution in [0.3, 0.4) is 0 Å². The van der Waals surface area contributed by atoms with E-state index in [1.807, 2.05) is 0 Å². The van der Waals surface area contributed by atoms with Crippen molar-refractivity contribution in [3.05, 3.63) is 35.8 Å². The number of rotatable bonds is 10. The van der Waals surface area contributed by atoms with Gasteiger partial charge in [-0.25, -0.2) is 0 Å². The van der Waals surface area contributed by atoms with Crippen molar-refractivity contribution in [1.82, 2.24) is 20.7 Å². The molecule has 1 saturated heterocycles. The number of piperidine rings is 1. The zero-order valence-corrected chi connectivity index (χ0v) is 19.7. The van der Waals surface area contributed by atoms with Crippen LogP contribution in [0, 0.1) is 17.8 Å². The smallest absolute Gasteiger partial charge is 0.254 e. The molecule has 0 bridgehead atoms. The summed E-state index contributed by atoms with van der Waals surface area (Å²) in [7, 11) is 0. The van der Waals surface area contributed by atoms with Crippen molar-refractivity contribution >= 4 is 46.0 Å². The number of fused-ring (bicyclic) bond motifs is 1. The van der Waals surface area contributed by atoms with Crippen LogP contribution in [-0.4, -0.2) is 52.8 Å². The second-order valence-electron chi connectivity index (χ2n) is 9.22. The molecule has 2 aliphatic rings. The summed E-state index contributed by atoms with van der Waals surface area (Å²) in [6.45, 7) is 0.574. The molecule has 0 spiro atoms. The molecule has 8 nitrogen and oxygen atoms in total. The molecule has 0 radical (unpaired) electrons. The van der Waals surface area contributed by atoms with Gasteiger partial charge in [-0.05, 0) is 37.7 Å². The molecule has 1 saturated carbocycles. The lowest BCUT2D eigenvalue weighted by Gasteiger charge is -2.27. The van der Waals surface area contributed by atoms with Gasteiger partial charge in [0, 0.05) is 23.9 Å². The van der Waals surface area contributed by atoms with E-state index in [9.17, 15) is 28.0 Å². The molecule has 3 atom stereocenters. The third-order valence-corrected chi connectivity index (χ3v) is 6.88. The molecule has 2 heterocycles. The molecule has 35 heavy (non-hydrogen) atoms. The molecule has 3 N–H and O–H groups in total. The highest BCUT2D eigenvalue weighted by atomic mass is 35.5. The van der Waals surface area contributed by atoms with Crippen LogP contribution in [-0.2, 0) is 14.4 Å². The summed E-state index contributed by atoms with van der Waals surface area (Å²) in [5.41, 5.74) is -0.346. The fraction of sp³-hybridized carbons (Fsp3) is 0.500. The number of carbonyl (C=O) groups excluding carboxylic acids is 4. The summed E-state index contributed by atoms with van der Waals surface area (Å²) in [5.74, 6) is -3.58. The number of nitrogens with one attached hydrogen (secondary N) is 3. The number of para-hydroxylation sites is 1. The Morgan fingerprint density at radius 1 is 1.14 bits per heavy atom. The van der Waals surface area contributed by atoms with E-state index in [0.29, 0.717) is 19.4 Å². The number of Topliss-reactive ketones (excluding diaryl/α,β-unsaturated/α-hetero) is 1. The van der Waals surface area contributed by atoms with Crippen LogP contribution in [0.2, 0.25) is 0 Å². The first-order chi connectivity index (χ1) is 16.8. The number of alkyl halides is 1. The number of benzene rings is 1. The Hall–Kier alpha value is -3.01. The molecular formula is C24H27ClF2N4O4. The molecule has 1 aliphatic heterocycles. The van der Waals surface area contributed by atoms with E-state index in [2.05, 4.69) is 16.0 Å². The maximum atomic E-state index is 14.2. The molecule has 0 unspecified atom stereocenters. The standard InChI is InChI=1S/C24H27ClF2N4O4/c25-12-19(32)17(10-15-4-2-8-28-22(15)33)29-24(35)18(9-13-6-7-13)30-23(34)16-5-1-3-14-11-20(26)31(27)21(14)16/h1,3,5,11,13,15,17-18H,2,4,6-10,12H2,(H,28,33)(H,29,35)(H,30,34)/t15-,17-,18-/m0/s1. The van der Waals surface area contributed by atoms with Crippen molar-refractivity contribution in [2.45, 2.75) is 50.6 Å². The van der Waals surface area contributed by atoms with Gasteiger partial charge in [0.25, 0.3) is 5.91 Å². The van der Waals surface area contributed by atoms with Crippen molar-refractivity contribution in [3.63, 3.8) is 0 Å². The number of amides is 3. The van der Waals surface area contributed by atoms with Crippen molar-refractivity contribution in [2.24, 2.45) is 11.8 Å². The molecule has 1 aliphatic carbocycles. The Labute approximate surface area is 205 Å². The number of ketones is 1. The lowest BCUT2D eigenvalue weighted by atomic mass is 9.90. The topological polar surface area (TPSA) is 109 Å². The van der Waals surface area contributed by atoms with E-state index < -0.39 is 41.5 Å². The number of aromatic nitrogens is 1. The van der Waals surface area contributed by atoms with Gasteiger partial charge >= 0.3 is 0 Å². The summed E-state index contributed by atoms with van der Waals surface area (Å²) >= 11 is 5.76. The van der Waals surface area contributed by atoms with Crippen LogP contribution >= 0.6 is 11.6 Å². The van der Waals surface area contributed by atoms with Gasteiger partial charge < -0.3 is 16.0 Å². The average molecular weight is 509 g/mol. The third kappa shape index (κ3) is 5.80. The number of hydrogen-bond donors (Lipinski definition) is 3. The SMILES string of the molecule is O=C(N[C@@H](CC1CC1)C(=O)N[C@@H](C[C@@H]1CCCNC1=O)C(=O)CCl)c1cccc2cc(F)n(F)c12. The zero-order valence-electron chi connectivity index (χ0n) is 19.0. The first-order valence-electron chi connectivity index (χ1n) is 11.7. The fourth-order valence-electron chi connectivity index (χ4n) is 4.51. The number of carbonyl (C=O) groups is 4. The van der Waals surface area contributed by atoms with E-state index >= 15 is 0 Å². The fourth-order valence-corrected chi connectivity index (χ4v) is 4.69. The van der Waals surface area contributed by atoms with Crippen molar-refractivity contribution in [2.75, 3.05) is 12.4 Å². The minimum atomic E-state index is -1.14. The Kier molecular flexibility index (Phi) is 7.69. The second-order valence-corrected chi connectivity index (χ2v) is 9.49. The Bertz CT molecular complexity index is 1150. The van der Waals surface area contributed by atoms with Crippen molar-refractivity contribution in [1.29, 1.82) is 0 Å². The summed E-state index contributed by atoms with van der Waals surface area (Å²) in [6.07, 6.45) is 3.62.